The Morgan fingerprint density at radius 1 is 0.897 bits per heavy atom. The van der Waals surface area contributed by atoms with E-state index in [-0.39, 0.29) is 23.1 Å². The quantitative estimate of drug-likeness (QED) is 0.842. The van der Waals surface area contributed by atoms with Crippen molar-refractivity contribution in [1.29, 1.82) is 0 Å². The molecular formula is C23H28N2O4. The van der Waals surface area contributed by atoms with Gasteiger partial charge in [-0.3, -0.25) is 9.59 Å². The van der Waals surface area contributed by atoms with E-state index in [1.807, 2.05) is 24.3 Å². The summed E-state index contributed by atoms with van der Waals surface area (Å²) in [5.74, 6) is 0.780. The van der Waals surface area contributed by atoms with Gasteiger partial charge in [0.05, 0.1) is 5.56 Å². The molecule has 1 saturated heterocycles. The van der Waals surface area contributed by atoms with Crippen LogP contribution in [0.15, 0.2) is 48.5 Å². The molecule has 1 aliphatic heterocycles. The second-order valence-corrected chi connectivity index (χ2v) is 7.62. The molecule has 0 spiro atoms. The van der Waals surface area contributed by atoms with Gasteiger partial charge in [0, 0.05) is 26.2 Å². The number of hydrogen-bond acceptors (Lipinski definition) is 4. The molecule has 0 radical (unpaired) electrons. The van der Waals surface area contributed by atoms with Gasteiger partial charge in [-0.05, 0) is 42.7 Å². The van der Waals surface area contributed by atoms with Crippen LogP contribution in [0.1, 0.15) is 42.6 Å². The lowest BCUT2D eigenvalue weighted by Gasteiger charge is -2.36. The van der Waals surface area contributed by atoms with Crippen LogP contribution in [-0.2, 0) is 4.79 Å². The number of carbonyl (C=O) groups is 2. The number of para-hydroxylation sites is 1. The van der Waals surface area contributed by atoms with Crippen LogP contribution in [0, 0.1) is 0 Å². The zero-order valence-corrected chi connectivity index (χ0v) is 17.2. The van der Waals surface area contributed by atoms with Crippen LogP contribution in [0.2, 0.25) is 0 Å². The van der Waals surface area contributed by atoms with Crippen molar-refractivity contribution in [3.8, 4) is 11.5 Å². The fourth-order valence-electron chi connectivity index (χ4n) is 3.40. The third kappa shape index (κ3) is 4.88. The third-order valence-corrected chi connectivity index (χ3v) is 5.22. The molecule has 29 heavy (non-hydrogen) atoms. The Morgan fingerprint density at radius 3 is 2.07 bits per heavy atom. The number of amides is 2. The lowest BCUT2D eigenvalue weighted by Crippen LogP contribution is -2.53. The molecule has 1 atom stereocenters. The molecule has 0 aliphatic carbocycles. The first-order valence-electron chi connectivity index (χ1n) is 9.99. The monoisotopic (exact) mass is 396 g/mol. The minimum atomic E-state index is -0.597. The number of phenolic OH excluding ortho intramolecular Hbond substituents is 1. The van der Waals surface area contributed by atoms with Gasteiger partial charge in [-0.15, -0.1) is 0 Å². The predicted molar refractivity (Wildman–Crippen MR) is 111 cm³/mol. The SMILES string of the molecule is CC(Oc1ccc(C(C)C)cc1)C(=O)N1CCN(C(=O)c2ccccc2O)CC1. The normalized spacial score (nSPS) is 15.3. The van der Waals surface area contributed by atoms with Crippen molar-refractivity contribution < 1.29 is 19.4 Å². The van der Waals surface area contributed by atoms with Crippen LogP contribution in [0.25, 0.3) is 0 Å². The highest BCUT2D eigenvalue weighted by Gasteiger charge is 2.29. The molecular weight excluding hydrogens is 368 g/mol. The average molecular weight is 396 g/mol. The Morgan fingerprint density at radius 2 is 1.48 bits per heavy atom. The van der Waals surface area contributed by atoms with Crippen LogP contribution in [0.4, 0.5) is 0 Å². The second-order valence-electron chi connectivity index (χ2n) is 7.62. The molecule has 6 nitrogen and oxygen atoms in total. The highest BCUT2D eigenvalue weighted by atomic mass is 16.5. The van der Waals surface area contributed by atoms with Crippen molar-refractivity contribution in [3.05, 3.63) is 59.7 Å². The highest BCUT2D eigenvalue weighted by molar-refractivity contribution is 5.97. The van der Waals surface area contributed by atoms with E-state index in [1.165, 1.54) is 11.6 Å². The van der Waals surface area contributed by atoms with Crippen molar-refractivity contribution in [2.75, 3.05) is 26.2 Å². The highest BCUT2D eigenvalue weighted by Crippen LogP contribution is 2.21. The molecule has 154 valence electrons. The molecule has 3 rings (SSSR count). The molecule has 0 aromatic heterocycles. The van der Waals surface area contributed by atoms with Gasteiger partial charge in [-0.1, -0.05) is 38.1 Å². The van der Waals surface area contributed by atoms with Crippen LogP contribution >= 0.6 is 0 Å². The van der Waals surface area contributed by atoms with Crippen LogP contribution in [-0.4, -0.2) is 59.0 Å². The summed E-state index contributed by atoms with van der Waals surface area (Å²) in [4.78, 5) is 28.7. The van der Waals surface area contributed by atoms with E-state index >= 15 is 0 Å². The predicted octanol–water partition coefficient (Wildman–Crippen LogP) is 3.27. The lowest BCUT2D eigenvalue weighted by molar-refractivity contribution is -0.139. The topological polar surface area (TPSA) is 70.1 Å². The number of rotatable bonds is 5. The maximum Gasteiger partial charge on any atom is 0.263 e. The standard InChI is InChI=1S/C23H28N2O4/c1-16(2)18-8-10-19(11-9-18)29-17(3)22(27)24-12-14-25(15-13-24)23(28)20-6-4-5-7-21(20)26/h4-11,16-17,26H,12-15H2,1-3H3. The number of benzene rings is 2. The summed E-state index contributed by atoms with van der Waals surface area (Å²) in [7, 11) is 0. The molecule has 1 fully saturated rings. The minimum absolute atomic E-state index is 0.0264. The molecule has 2 aromatic carbocycles. The van der Waals surface area contributed by atoms with Gasteiger partial charge in [0.25, 0.3) is 11.8 Å². The fraction of sp³-hybridized carbons (Fsp3) is 0.391. The number of carbonyl (C=O) groups excluding carboxylic acids is 2. The fourth-order valence-corrected chi connectivity index (χ4v) is 3.40. The molecule has 0 bridgehead atoms. The first kappa shape index (κ1) is 20.7. The van der Waals surface area contributed by atoms with Gasteiger partial charge < -0.3 is 19.6 Å². The zero-order valence-electron chi connectivity index (χ0n) is 17.2. The first-order chi connectivity index (χ1) is 13.9. The Hall–Kier alpha value is -3.02. The largest absolute Gasteiger partial charge is 0.507 e. The van der Waals surface area contributed by atoms with E-state index in [2.05, 4.69) is 13.8 Å². The van der Waals surface area contributed by atoms with Gasteiger partial charge >= 0.3 is 0 Å². The van der Waals surface area contributed by atoms with Crippen molar-refractivity contribution in [2.24, 2.45) is 0 Å². The summed E-state index contributed by atoms with van der Waals surface area (Å²) < 4.78 is 5.82. The molecule has 1 unspecified atom stereocenters. The van der Waals surface area contributed by atoms with Crippen molar-refractivity contribution in [1.82, 2.24) is 9.80 Å². The van der Waals surface area contributed by atoms with E-state index in [0.717, 1.165) is 0 Å². The Labute approximate surface area is 171 Å². The maximum atomic E-state index is 12.7. The summed E-state index contributed by atoms with van der Waals surface area (Å²) in [6.07, 6.45) is -0.597. The molecule has 1 heterocycles. The van der Waals surface area contributed by atoms with E-state index < -0.39 is 6.10 Å². The maximum absolute atomic E-state index is 12.7. The van der Waals surface area contributed by atoms with Gasteiger partial charge in [-0.2, -0.15) is 0 Å². The van der Waals surface area contributed by atoms with Crippen LogP contribution in [0.5, 0.6) is 11.5 Å². The summed E-state index contributed by atoms with van der Waals surface area (Å²) in [5.41, 5.74) is 1.51. The minimum Gasteiger partial charge on any atom is -0.507 e. The number of piperazine rings is 1. The molecule has 0 saturated carbocycles. The summed E-state index contributed by atoms with van der Waals surface area (Å²) >= 11 is 0. The van der Waals surface area contributed by atoms with E-state index in [1.54, 1.807) is 34.9 Å². The zero-order chi connectivity index (χ0) is 21.0. The van der Waals surface area contributed by atoms with E-state index in [4.69, 9.17) is 4.74 Å². The van der Waals surface area contributed by atoms with Gasteiger partial charge in [0.15, 0.2) is 6.10 Å². The number of aromatic hydroxyl groups is 1. The number of hydrogen-bond donors (Lipinski definition) is 1. The Balaban J connectivity index is 1.54. The molecule has 1 aliphatic rings. The molecule has 6 heteroatoms. The number of phenols is 1. The number of nitrogens with zero attached hydrogens (tertiary/aromatic N) is 2. The van der Waals surface area contributed by atoms with E-state index in [9.17, 15) is 14.7 Å². The Kier molecular flexibility index (Phi) is 6.42. The Bertz CT molecular complexity index is 855. The molecule has 2 amide bonds. The first-order valence-corrected chi connectivity index (χ1v) is 9.99. The van der Waals surface area contributed by atoms with Gasteiger partial charge in [-0.25, -0.2) is 0 Å². The third-order valence-electron chi connectivity index (χ3n) is 5.22. The van der Waals surface area contributed by atoms with Crippen molar-refractivity contribution in [3.63, 3.8) is 0 Å². The summed E-state index contributed by atoms with van der Waals surface area (Å²) in [6, 6.07) is 14.3. The number of ether oxygens (including phenoxy) is 1. The molecule has 2 aromatic rings. The average Bonchev–Trinajstić information content (AvgIpc) is 2.73. The van der Waals surface area contributed by atoms with E-state index in [0.29, 0.717) is 37.8 Å². The van der Waals surface area contributed by atoms with Crippen LogP contribution < -0.4 is 4.74 Å². The summed E-state index contributed by atoms with van der Waals surface area (Å²) in [5, 5.41) is 9.88. The van der Waals surface area contributed by atoms with Crippen molar-refractivity contribution in [2.45, 2.75) is 32.8 Å². The van der Waals surface area contributed by atoms with Crippen molar-refractivity contribution >= 4 is 11.8 Å². The lowest BCUT2D eigenvalue weighted by atomic mass is 10.0. The molecule has 1 N–H and O–H groups in total. The second kappa shape index (κ2) is 8.99. The summed E-state index contributed by atoms with van der Waals surface area (Å²) in [6.45, 7) is 7.75. The van der Waals surface area contributed by atoms with Crippen LogP contribution in [0.3, 0.4) is 0 Å². The smallest absolute Gasteiger partial charge is 0.263 e. The van der Waals surface area contributed by atoms with Gasteiger partial charge in [0.2, 0.25) is 0 Å². The van der Waals surface area contributed by atoms with Gasteiger partial charge in [0.1, 0.15) is 11.5 Å².